The molecule has 0 spiro atoms. The van der Waals surface area contributed by atoms with Crippen molar-refractivity contribution in [3.05, 3.63) is 40.3 Å². The van der Waals surface area contributed by atoms with Crippen molar-refractivity contribution in [1.82, 2.24) is 0 Å². The monoisotopic (exact) mass is 156 g/mol. The minimum absolute atomic E-state index is 0.542. The highest BCUT2D eigenvalue weighted by Gasteiger charge is 2.02. The van der Waals surface area contributed by atoms with E-state index in [2.05, 4.69) is 49.9 Å². The van der Waals surface area contributed by atoms with E-state index in [1.165, 1.54) is 16.0 Å². The maximum absolute atomic E-state index is 3.40. The fourth-order valence-corrected chi connectivity index (χ4v) is 1.48. The van der Waals surface area contributed by atoms with Gasteiger partial charge < -0.3 is 0 Å². The molecule has 1 unspecified atom stereocenters. The molecule has 0 bridgehead atoms. The Balaban J connectivity index is 2.91. The molecular weight excluding hydrogens is 144 g/mol. The molecule has 1 aliphatic rings. The topological polar surface area (TPSA) is 0 Å². The Morgan fingerprint density at radius 1 is 1.25 bits per heavy atom. The van der Waals surface area contributed by atoms with Crippen molar-refractivity contribution in [3.63, 3.8) is 0 Å². The van der Waals surface area contributed by atoms with E-state index in [9.17, 15) is 0 Å². The first-order chi connectivity index (χ1) is 5.77. The van der Waals surface area contributed by atoms with Crippen LogP contribution in [0.3, 0.4) is 0 Å². The summed E-state index contributed by atoms with van der Waals surface area (Å²) in [4.78, 5) is 0. The number of benzene rings is 1. The molecule has 0 nitrogen and oxygen atoms in total. The van der Waals surface area contributed by atoms with Crippen molar-refractivity contribution in [2.24, 2.45) is 5.92 Å². The van der Waals surface area contributed by atoms with Crippen LogP contribution in [0.25, 0.3) is 11.8 Å². The van der Waals surface area contributed by atoms with E-state index in [0.717, 1.165) is 0 Å². The van der Waals surface area contributed by atoms with Crippen LogP contribution in [0, 0.1) is 5.92 Å². The Morgan fingerprint density at radius 3 is 2.83 bits per heavy atom. The summed E-state index contributed by atoms with van der Waals surface area (Å²) in [6, 6.07) is 8.39. The fraction of sp³-hybridized carbons (Fsp3) is 0.250. The van der Waals surface area contributed by atoms with Crippen molar-refractivity contribution in [2.45, 2.75) is 13.8 Å². The summed E-state index contributed by atoms with van der Waals surface area (Å²) in [7, 11) is 0. The summed E-state index contributed by atoms with van der Waals surface area (Å²) in [5.74, 6) is 0.542. The van der Waals surface area contributed by atoms with Crippen molar-refractivity contribution in [2.75, 3.05) is 0 Å². The van der Waals surface area contributed by atoms with Crippen LogP contribution < -0.4 is 10.4 Å². The first kappa shape index (κ1) is 7.39. The first-order valence-electron chi connectivity index (χ1n) is 4.32. The molecule has 0 amide bonds. The largest absolute Gasteiger partial charge is 0.113 e. The van der Waals surface area contributed by atoms with E-state index < -0.39 is 0 Å². The number of rotatable bonds is 0. The quantitative estimate of drug-likeness (QED) is 0.533. The van der Waals surface area contributed by atoms with Gasteiger partial charge >= 0.3 is 0 Å². The first-order valence-corrected chi connectivity index (χ1v) is 4.32. The van der Waals surface area contributed by atoms with Gasteiger partial charge in [-0.3, -0.25) is 0 Å². The van der Waals surface area contributed by atoms with E-state index in [-0.39, 0.29) is 0 Å². The van der Waals surface area contributed by atoms with Crippen LogP contribution in [0.15, 0.2) is 29.8 Å². The summed E-state index contributed by atoms with van der Waals surface area (Å²) < 4.78 is 0. The van der Waals surface area contributed by atoms with Crippen LogP contribution in [0.2, 0.25) is 0 Å². The van der Waals surface area contributed by atoms with Gasteiger partial charge in [-0.2, -0.15) is 0 Å². The van der Waals surface area contributed by atoms with E-state index >= 15 is 0 Å². The molecule has 12 heavy (non-hydrogen) atoms. The standard InChI is InChI=1S/C12H12/c1-9-7-11-5-3-4-6-12(11)8-10(9)2/h3-7,9H,1-2H3. The Labute approximate surface area is 72.5 Å². The van der Waals surface area contributed by atoms with Gasteiger partial charge in [-0.05, 0) is 23.8 Å². The normalized spacial score (nSPS) is 20.2. The molecule has 0 saturated carbocycles. The lowest BCUT2D eigenvalue weighted by atomic mass is 9.97. The Morgan fingerprint density at radius 2 is 2.00 bits per heavy atom. The van der Waals surface area contributed by atoms with E-state index in [4.69, 9.17) is 0 Å². The average molecular weight is 156 g/mol. The smallest absolute Gasteiger partial charge is 0.0233 e. The van der Waals surface area contributed by atoms with Crippen LogP contribution in [0.4, 0.5) is 0 Å². The molecule has 1 aromatic rings. The van der Waals surface area contributed by atoms with Gasteiger partial charge in [-0.25, -0.2) is 0 Å². The maximum atomic E-state index is 3.40. The summed E-state index contributed by atoms with van der Waals surface area (Å²) in [6.45, 7) is 4.34. The zero-order chi connectivity index (χ0) is 8.55. The zero-order valence-electron chi connectivity index (χ0n) is 7.46. The maximum Gasteiger partial charge on any atom is 0.0233 e. The van der Waals surface area contributed by atoms with Gasteiger partial charge in [0.2, 0.25) is 0 Å². The third-order valence-electron chi connectivity index (χ3n) is 2.41. The van der Waals surface area contributed by atoms with E-state index in [1.807, 2.05) is 0 Å². The highest BCUT2D eigenvalue weighted by Crippen LogP contribution is 2.09. The lowest BCUT2D eigenvalue weighted by molar-refractivity contribution is 0.914. The Kier molecular flexibility index (Phi) is 1.64. The predicted molar refractivity (Wildman–Crippen MR) is 51.9 cm³/mol. The van der Waals surface area contributed by atoms with Crippen LogP contribution in [0.1, 0.15) is 13.8 Å². The molecule has 0 saturated heterocycles. The second-order valence-electron chi connectivity index (χ2n) is 3.35. The molecule has 2 rings (SSSR count). The van der Waals surface area contributed by atoms with Gasteiger partial charge in [0.05, 0.1) is 0 Å². The van der Waals surface area contributed by atoms with Crippen LogP contribution >= 0.6 is 0 Å². The third kappa shape index (κ3) is 1.11. The van der Waals surface area contributed by atoms with Crippen molar-refractivity contribution < 1.29 is 0 Å². The van der Waals surface area contributed by atoms with E-state index in [1.54, 1.807) is 0 Å². The highest BCUT2D eigenvalue weighted by atomic mass is 14.1. The van der Waals surface area contributed by atoms with Gasteiger partial charge in [-0.1, -0.05) is 31.2 Å². The molecule has 0 aromatic heterocycles. The summed E-state index contributed by atoms with van der Waals surface area (Å²) in [6.07, 6.45) is 2.29. The van der Waals surface area contributed by atoms with Crippen molar-refractivity contribution in [1.29, 1.82) is 0 Å². The minimum Gasteiger partial charge on any atom is -0.113 e. The second-order valence-corrected chi connectivity index (χ2v) is 3.35. The lowest BCUT2D eigenvalue weighted by Crippen LogP contribution is -2.26. The summed E-state index contributed by atoms with van der Waals surface area (Å²) >= 11 is 0. The average Bonchev–Trinajstić information content (AvgIpc) is 2.07. The van der Waals surface area contributed by atoms with Crippen molar-refractivity contribution >= 4 is 11.8 Å². The molecule has 0 radical (unpaired) electrons. The second kappa shape index (κ2) is 2.66. The van der Waals surface area contributed by atoms with Crippen molar-refractivity contribution in [3.8, 4) is 0 Å². The zero-order valence-corrected chi connectivity index (χ0v) is 7.46. The third-order valence-corrected chi connectivity index (χ3v) is 2.41. The molecule has 1 atom stereocenters. The highest BCUT2D eigenvalue weighted by molar-refractivity contribution is 5.45. The van der Waals surface area contributed by atoms with E-state index in [0.29, 0.717) is 5.92 Å². The lowest BCUT2D eigenvalue weighted by Gasteiger charge is -2.07. The summed E-state index contributed by atoms with van der Waals surface area (Å²) in [5.41, 5.74) is 4.72. The van der Waals surface area contributed by atoms with Crippen LogP contribution in [-0.2, 0) is 0 Å². The Bertz CT molecular complexity index is 445. The minimum atomic E-state index is 0.542. The number of hydrogen-bond donors (Lipinski definition) is 0. The van der Waals surface area contributed by atoms with Gasteiger partial charge in [-0.15, -0.1) is 5.73 Å². The number of hydrogen-bond acceptors (Lipinski definition) is 0. The molecule has 0 heterocycles. The van der Waals surface area contributed by atoms with Crippen LogP contribution in [0.5, 0.6) is 0 Å². The Hall–Kier alpha value is -1.26. The van der Waals surface area contributed by atoms with Crippen LogP contribution in [-0.4, -0.2) is 0 Å². The molecule has 0 N–H and O–H groups in total. The predicted octanol–water partition coefficient (Wildman–Crippen LogP) is 1.44. The van der Waals surface area contributed by atoms with Gasteiger partial charge in [0, 0.05) is 11.1 Å². The molecular formula is C12H12. The number of fused-ring (bicyclic) bond motifs is 1. The van der Waals surface area contributed by atoms with Gasteiger partial charge in [0.1, 0.15) is 0 Å². The summed E-state index contributed by atoms with van der Waals surface area (Å²) in [5, 5.41) is 2.55. The van der Waals surface area contributed by atoms with Gasteiger partial charge in [0.25, 0.3) is 0 Å². The molecule has 0 aliphatic heterocycles. The number of allylic oxidation sites excluding steroid dienone is 1. The SMILES string of the molecule is CC1=C=c2ccccc2=CC1C. The molecule has 60 valence electrons. The molecule has 1 aromatic carbocycles. The fourth-order valence-electron chi connectivity index (χ4n) is 1.48. The van der Waals surface area contributed by atoms with Gasteiger partial charge in [0.15, 0.2) is 0 Å². The molecule has 1 aliphatic carbocycles. The molecule has 0 fully saturated rings. The molecule has 0 heteroatoms.